The molecule has 3 N–H and O–H groups in total. The van der Waals surface area contributed by atoms with E-state index in [0.29, 0.717) is 12.8 Å². The fourth-order valence-electron chi connectivity index (χ4n) is 2.50. The molecule has 0 spiro atoms. The largest absolute Gasteiger partial charge is 0.481 e. The monoisotopic (exact) mass is 436 g/mol. The van der Waals surface area contributed by atoms with Gasteiger partial charge in [-0.15, -0.1) is 0 Å². The highest BCUT2D eigenvalue weighted by Crippen LogP contribution is 2.16. The van der Waals surface area contributed by atoms with Crippen molar-refractivity contribution in [1.29, 1.82) is 0 Å². The van der Waals surface area contributed by atoms with Crippen LogP contribution in [0.3, 0.4) is 0 Å². The number of carboxylic acid groups (broad SMARTS) is 1. The second-order valence-electron chi connectivity index (χ2n) is 7.42. The maximum Gasteiger partial charge on any atom is 0.306 e. The summed E-state index contributed by atoms with van der Waals surface area (Å²) in [6.45, 7) is 7.11. The van der Waals surface area contributed by atoms with Crippen molar-refractivity contribution >= 4 is 17.7 Å². The second-order valence-corrected chi connectivity index (χ2v) is 7.42. The number of hydrogen-bond donors (Lipinski definition) is 3. The number of ketones is 1. The smallest absolute Gasteiger partial charge is 0.306 e. The summed E-state index contributed by atoms with van der Waals surface area (Å²) in [5.41, 5.74) is 0.754. The molecule has 0 bridgehead atoms. The highest BCUT2D eigenvalue weighted by molar-refractivity contribution is 5.82. The fourth-order valence-corrected chi connectivity index (χ4v) is 2.50. The van der Waals surface area contributed by atoms with Crippen molar-refractivity contribution in [3.05, 3.63) is 48.1 Å². The van der Waals surface area contributed by atoms with Crippen LogP contribution in [0, 0.1) is 5.92 Å². The number of rotatable bonds is 15. The van der Waals surface area contributed by atoms with Gasteiger partial charge in [-0.25, -0.2) is 0 Å². The molecule has 4 atom stereocenters. The van der Waals surface area contributed by atoms with Crippen LogP contribution in [0.5, 0.6) is 0 Å². The van der Waals surface area contributed by atoms with Crippen LogP contribution in [-0.4, -0.2) is 51.4 Å². The van der Waals surface area contributed by atoms with Crippen molar-refractivity contribution in [3.63, 3.8) is 0 Å². The molecule has 0 heterocycles. The quantitative estimate of drug-likeness (QED) is 0.204. The Hall–Kier alpha value is -2.51. The lowest BCUT2D eigenvalue weighted by atomic mass is 9.99. The summed E-state index contributed by atoms with van der Waals surface area (Å²) in [6.07, 6.45) is 11.0. The molecule has 0 aromatic rings. The van der Waals surface area contributed by atoms with E-state index in [1.165, 1.54) is 0 Å². The van der Waals surface area contributed by atoms with E-state index in [0.717, 1.165) is 5.57 Å². The molecular formula is C24H36O7. The highest BCUT2D eigenvalue weighted by Gasteiger charge is 2.17. The van der Waals surface area contributed by atoms with Crippen molar-refractivity contribution < 1.29 is 34.4 Å². The summed E-state index contributed by atoms with van der Waals surface area (Å²) in [5.74, 6) is -1.90. The molecule has 0 rings (SSSR count). The number of hydrogen-bond acceptors (Lipinski definition) is 6. The van der Waals surface area contributed by atoms with E-state index in [9.17, 15) is 24.6 Å². The fraction of sp³-hybridized carbons (Fsp3) is 0.542. The summed E-state index contributed by atoms with van der Waals surface area (Å²) < 4.78 is 5.23. The number of carboxylic acids is 1. The van der Waals surface area contributed by atoms with Crippen LogP contribution in [0.1, 0.15) is 59.8 Å². The van der Waals surface area contributed by atoms with Crippen molar-refractivity contribution in [2.45, 2.75) is 78.1 Å². The van der Waals surface area contributed by atoms with Crippen molar-refractivity contribution in [2.75, 3.05) is 0 Å². The first-order valence-corrected chi connectivity index (χ1v) is 10.5. The zero-order valence-electron chi connectivity index (χ0n) is 18.9. The maximum atomic E-state index is 11.6. The van der Waals surface area contributed by atoms with Gasteiger partial charge in [-0.1, -0.05) is 56.4 Å². The van der Waals surface area contributed by atoms with Crippen molar-refractivity contribution in [3.8, 4) is 0 Å². The van der Waals surface area contributed by atoms with Gasteiger partial charge in [0.2, 0.25) is 0 Å². The normalized spacial score (nSPS) is 16.5. The van der Waals surface area contributed by atoms with E-state index in [2.05, 4.69) is 0 Å². The van der Waals surface area contributed by atoms with E-state index >= 15 is 0 Å². The molecule has 0 saturated heterocycles. The second kappa shape index (κ2) is 16.2. The number of aliphatic hydroxyl groups excluding tert-OH is 2. The summed E-state index contributed by atoms with van der Waals surface area (Å²) in [6, 6.07) is 0. The number of aliphatic hydroxyl groups is 2. The molecule has 0 fully saturated rings. The summed E-state index contributed by atoms with van der Waals surface area (Å²) in [5, 5.41) is 28.4. The number of esters is 1. The first kappa shape index (κ1) is 28.5. The third-order valence-corrected chi connectivity index (χ3v) is 4.70. The van der Waals surface area contributed by atoms with Gasteiger partial charge in [-0.05, 0) is 32.3 Å². The molecule has 0 aliphatic heterocycles. The lowest BCUT2D eigenvalue weighted by molar-refractivity contribution is -0.152. The Morgan fingerprint density at radius 1 is 0.903 bits per heavy atom. The molecule has 0 aromatic carbocycles. The van der Waals surface area contributed by atoms with Gasteiger partial charge in [0.15, 0.2) is 5.78 Å². The van der Waals surface area contributed by atoms with E-state index < -0.39 is 30.3 Å². The van der Waals surface area contributed by atoms with Crippen molar-refractivity contribution in [2.24, 2.45) is 5.92 Å². The van der Waals surface area contributed by atoms with Crippen LogP contribution >= 0.6 is 0 Å². The van der Waals surface area contributed by atoms with Gasteiger partial charge in [-0.2, -0.15) is 0 Å². The first-order chi connectivity index (χ1) is 14.6. The van der Waals surface area contributed by atoms with Gasteiger partial charge < -0.3 is 20.1 Å². The van der Waals surface area contributed by atoms with Crippen molar-refractivity contribution in [1.82, 2.24) is 0 Å². The molecule has 174 valence electrons. The average molecular weight is 437 g/mol. The Morgan fingerprint density at radius 3 is 1.97 bits per heavy atom. The minimum atomic E-state index is -1.04. The molecule has 31 heavy (non-hydrogen) atoms. The third kappa shape index (κ3) is 14.2. The van der Waals surface area contributed by atoms with Crippen LogP contribution < -0.4 is 0 Å². The number of ether oxygens (including phenoxy) is 1. The summed E-state index contributed by atoms with van der Waals surface area (Å²) in [7, 11) is 0. The predicted molar refractivity (Wildman–Crippen MR) is 119 cm³/mol. The lowest BCUT2D eigenvalue weighted by Gasteiger charge is -2.19. The number of allylic oxidation sites excluding steroid dienone is 4. The Kier molecular flexibility index (Phi) is 14.9. The van der Waals surface area contributed by atoms with Gasteiger partial charge in [0.1, 0.15) is 12.2 Å². The van der Waals surface area contributed by atoms with E-state index in [-0.39, 0.29) is 31.0 Å². The third-order valence-electron chi connectivity index (χ3n) is 4.70. The molecule has 0 saturated carbocycles. The Labute approximate surface area is 184 Å². The SMILES string of the molecule is CCC(=O)C(O)CC=CC=CC=CCC(O)C(C)=CC(C)C(C)OC(=O)CCC(=O)O. The number of carbonyl (C=O) groups is 3. The molecular weight excluding hydrogens is 400 g/mol. The number of carbonyl (C=O) groups excluding carboxylic acids is 2. The van der Waals surface area contributed by atoms with Crippen LogP contribution in [0.2, 0.25) is 0 Å². The Balaban J connectivity index is 4.40. The van der Waals surface area contributed by atoms with Crippen LogP contribution in [0.4, 0.5) is 0 Å². The standard InChI is InChI=1S/C24H36O7/c1-5-20(25)22(27)13-11-9-7-6-8-10-12-21(26)18(3)16-17(2)19(4)31-24(30)15-14-23(28)29/h6-11,16-17,19,21-22,26-27H,5,12-15H2,1-4H3,(H,28,29). The predicted octanol–water partition coefficient (Wildman–Crippen LogP) is 3.52. The zero-order chi connectivity index (χ0) is 23.8. The van der Waals surface area contributed by atoms with E-state index in [1.54, 1.807) is 51.2 Å². The molecule has 0 amide bonds. The van der Waals surface area contributed by atoms with Gasteiger partial charge in [0.05, 0.1) is 18.9 Å². The van der Waals surface area contributed by atoms with E-state index in [4.69, 9.17) is 9.84 Å². The number of aliphatic carboxylic acids is 1. The van der Waals surface area contributed by atoms with Gasteiger partial charge in [-0.3, -0.25) is 14.4 Å². The molecule has 0 aliphatic rings. The average Bonchev–Trinajstić information content (AvgIpc) is 2.72. The van der Waals surface area contributed by atoms with Crippen LogP contribution in [0.15, 0.2) is 48.1 Å². The van der Waals surface area contributed by atoms with Gasteiger partial charge in [0, 0.05) is 12.3 Å². The van der Waals surface area contributed by atoms with E-state index in [1.807, 2.05) is 19.1 Å². The summed E-state index contributed by atoms with van der Waals surface area (Å²) in [4.78, 5) is 33.4. The highest BCUT2D eigenvalue weighted by atomic mass is 16.5. The minimum Gasteiger partial charge on any atom is -0.481 e. The van der Waals surface area contributed by atoms with Crippen LogP contribution in [0.25, 0.3) is 0 Å². The molecule has 4 unspecified atom stereocenters. The van der Waals surface area contributed by atoms with Crippen LogP contribution in [-0.2, 0) is 19.1 Å². The molecule has 7 nitrogen and oxygen atoms in total. The lowest BCUT2D eigenvalue weighted by Crippen LogP contribution is -2.22. The molecule has 0 aromatic heterocycles. The molecule has 7 heteroatoms. The van der Waals surface area contributed by atoms with Gasteiger partial charge in [0.25, 0.3) is 0 Å². The molecule has 0 radical (unpaired) electrons. The Morgan fingerprint density at radius 2 is 1.45 bits per heavy atom. The number of Topliss-reactive ketones (excluding diaryl/α,β-unsaturated/α-hetero) is 1. The molecule has 0 aliphatic carbocycles. The maximum absolute atomic E-state index is 11.6. The summed E-state index contributed by atoms with van der Waals surface area (Å²) >= 11 is 0. The Bertz CT molecular complexity index is 688. The zero-order valence-corrected chi connectivity index (χ0v) is 18.9. The minimum absolute atomic E-state index is 0.132. The first-order valence-electron chi connectivity index (χ1n) is 10.5. The van der Waals surface area contributed by atoms with Gasteiger partial charge >= 0.3 is 11.9 Å². The topological polar surface area (TPSA) is 121 Å².